The number of hydrogen-bond donors (Lipinski definition) is 1. The van der Waals surface area contributed by atoms with Gasteiger partial charge in [-0.05, 0) is 24.0 Å². The molecule has 1 heterocycles. The molecule has 0 amide bonds. The quantitative estimate of drug-likeness (QED) is 0.842. The fourth-order valence-electron chi connectivity index (χ4n) is 1.83. The molecule has 0 saturated carbocycles. The molecule has 0 spiro atoms. The van der Waals surface area contributed by atoms with Crippen LogP contribution < -0.4 is 0 Å². The maximum Gasteiger partial charge on any atom is 0.303 e. The minimum atomic E-state index is -0.777. The van der Waals surface area contributed by atoms with Gasteiger partial charge in [0, 0.05) is 17.1 Å². The van der Waals surface area contributed by atoms with E-state index >= 15 is 0 Å². The minimum Gasteiger partial charge on any atom is -0.481 e. The number of thioether (sulfide) groups is 1. The van der Waals surface area contributed by atoms with Crippen molar-refractivity contribution in [1.82, 2.24) is 0 Å². The van der Waals surface area contributed by atoms with Crippen LogP contribution in [0.2, 0.25) is 0 Å². The number of carbonyl (C=O) groups is 1. The molecule has 2 nitrogen and oxygen atoms in total. The standard InChI is InChI=1S/C11H11FO2S/c12-9-3-1-2-8-4-7(5-10(13)14)6-15-11(8)9/h1-3,7H,4-6H2,(H,13,14). The summed E-state index contributed by atoms with van der Waals surface area (Å²) >= 11 is 1.43. The lowest BCUT2D eigenvalue weighted by atomic mass is 9.97. The van der Waals surface area contributed by atoms with Crippen molar-refractivity contribution in [3.8, 4) is 0 Å². The van der Waals surface area contributed by atoms with Crippen molar-refractivity contribution in [2.24, 2.45) is 5.92 Å². The molecular weight excluding hydrogens is 215 g/mol. The van der Waals surface area contributed by atoms with Gasteiger partial charge in [-0.25, -0.2) is 4.39 Å². The molecule has 1 aromatic carbocycles. The first-order chi connectivity index (χ1) is 7.16. The van der Waals surface area contributed by atoms with Gasteiger partial charge in [-0.3, -0.25) is 4.79 Å². The lowest BCUT2D eigenvalue weighted by Crippen LogP contribution is -2.17. The second-order valence-electron chi connectivity index (χ2n) is 3.71. The van der Waals surface area contributed by atoms with E-state index in [0.717, 1.165) is 5.56 Å². The van der Waals surface area contributed by atoms with Gasteiger partial charge in [0.25, 0.3) is 0 Å². The summed E-state index contributed by atoms with van der Waals surface area (Å²) < 4.78 is 13.3. The summed E-state index contributed by atoms with van der Waals surface area (Å²) in [7, 11) is 0. The molecule has 0 saturated heterocycles. The maximum atomic E-state index is 13.3. The minimum absolute atomic E-state index is 0.127. The summed E-state index contributed by atoms with van der Waals surface area (Å²) in [5.41, 5.74) is 0.942. The Bertz CT molecular complexity index is 392. The fourth-order valence-corrected chi connectivity index (χ4v) is 3.01. The fraction of sp³-hybridized carbons (Fsp3) is 0.364. The Labute approximate surface area is 91.5 Å². The zero-order chi connectivity index (χ0) is 10.8. The molecule has 15 heavy (non-hydrogen) atoms. The van der Waals surface area contributed by atoms with Crippen LogP contribution in [0.3, 0.4) is 0 Å². The third kappa shape index (κ3) is 2.31. The number of carboxylic acid groups (broad SMARTS) is 1. The summed E-state index contributed by atoms with van der Waals surface area (Å²) in [5.74, 6) is -0.145. The Morgan fingerprint density at radius 2 is 2.40 bits per heavy atom. The van der Waals surface area contributed by atoms with Crippen LogP contribution in [0.4, 0.5) is 4.39 Å². The number of benzene rings is 1. The summed E-state index contributed by atoms with van der Waals surface area (Å²) in [4.78, 5) is 11.3. The number of fused-ring (bicyclic) bond motifs is 1. The number of halogens is 1. The molecule has 1 aliphatic rings. The van der Waals surface area contributed by atoms with Gasteiger partial charge in [0.1, 0.15) is 5.82 Å². The number of aliphatic carboxylic acids is 1. The summed E-state index contributed by atoms with van der Waals surface area (Å²) in [6, 6.07) is 5.00. The van der Waals surface area contributed by atoms with E-state index in [4.69, 9.17) is 5.11 Å². The summed E-state index contributed by atoms with van der Waals surface area (Å²) in [6.07, 6.45) is 0.843. The molecule has 0 bridgehead atoms. The molecule has 1 atom stereocenters. The lowest BCUT2D eigenvalue weighted by molar-refractivity contribution is -0.137. The molecule has 80 valence electrons. The van der Waals surface area contributed by atoms with Crippen molar-refractivity contribution in [2.45, 2.75) is 17.7 Å². The third-order valence-electron chi connectivity index (χ3n) is 2.48. The SMILES string of the molecule is O=C(O)CC1CSc2c(F)cccc2C1. The van der Waals surface area contributed by atoms with Crippen LogP contribution in [0.25, 0.3) is 0 Å². The van der Waals surface area contributed by atoms with Crippen molar-refractivity contribution in [1.29, 1.82) is 0 Å². The Balaban J connectivity index is 2.17. The highest BCUT2D eigenvalue weighted by molar-refractivity contribution is 7.99. The van der Waals surface area contributed by atoms with Gasteiger partial charge in [-0.2, -0.15) is 0 Å². The highest BCUT2D eigenvalue weighted by Crippen LogP contribution is 2.35. The Hall–Kier alpha value is -1.03. The topological polar surface area (TPSA) is 37.3 Å². The van der Waals surface area contributed by atoms with Crippen molar-refractivity contribution in [3.05, 3.63) is 29.6 Å². The van der Waals surface area contributed by atoms with Crippen molar-refractivity contribution < 1.29 is 14.3 Å². The van der Waals surface area contributed by atoms with Crippen molar-refractivity contribution in [3.63, 3.8) is 0 Å². The van der Waals surface area contributed by atoms with E-state index in [1.54, 1.807) is 6.07 Å². The van der Waals surface area contributed by atoms with E-state index in [-0.39, 0.29) is 18.2 Å². The predicted octanol–water partition coefficient (Wildman–Crippen LogP) is 2.56. The zero-order valence-corrected chi connectivity index (χ0v) is 8.89. The van der Waals surface area contributed by atoms with E-state index in [1.165, 1.54) is 17.8 Å². The molecule has 1 aliphatic heterocycles. The van der Waals surface area contributed by atoms with Crippen molar-refractivity contribution in [2.75, 3.05) is 5.75 Å². The van der Waals surface area contributed by atoms with Crippen LogP contribution in [0.1, 0.15) is 12.0 Å². The number of carboxylic acids is 1. The Kier molecular flexibility index (Phi) is 2.95. The van der Waals surface area contributed by atoms with Crippen LogP contribution >= 0.6 is 11.8 Å². The summed E-state index contributed by atoms with van der Waals surface area (Å²) in [6.45, 7) is 0. The van der Waals surface area contributed by atoms with Gasteiger partial charge in [-0.15, -0.1) is 11.8 Å². The first-order valence-corrected chi connectivity index (χ1v) is 5.77. The van der Waals surface area contributed by atoms with Gasteiger partial charge >= 0.3 is 5.97 Å². The maximum absolute atomic E-state index is 13.3. The molecule has 1 aromatic rings. The van der Waals surface area contributed by atoms with Gasteiger partial charge < -0.3 is 5.11 Å². The van der Waals surface area contributed by atoms with Crippen LogP contribution in [0.5, 0.6) is 0 Å². The van der Waals surface area contributed by atoms with Crippen LogP contribution in [0.15, 0.2) is 23.1 Å². The van der Waals surface area contributed by atoms with Gasteiger partial charge in [0.05, 0.1) is 0 Å². The Morgan fingerprint density at radius 1 is 1.60 bits per heavy atom. The van der Waals surface area contributed by atoms with E-state index < -0.39 is 5.97 Å². The van der Waals surface area contributed by atoms with Crippen LogP contribution in [-0.4, -0.2) is 16.8 Å². The van der Waals surface area contributed by atoms with Gasteiger partial charge in [-0.1, -0.05) is 12.1 Å². The summed E-state index contributed by atoms with van der Waals surface area (Å²) in [5, 5.41) is 8.68. The first kappa shape index (κ1) is 10.5. The number of hydrogen-bond acceptors (Lipinski definition) is 2. The smallest absolute Gasteiger partial charge is 0.303 e. The highest BCUT2D eigenvalue weighted by atomic mass is 32.2. The zero-order valence-electron chi connectivity index (χ0n) is 8.07. The average molecular weight is 226 g/mol. The second kappa shape index (κ2) is 4.23. The molecule has 2 rings (SSSR count). The first-order valence-electron chi connectivity index (χ1n) is 4.79. The normalized spacial score (nSPS) is 19.7. The molecule has 1 unspecified atom stereocenters. The van der Waals surface area contributed by atoms with E-state index in [0.29, 0.717) is 17.1 Å². The largest absolute Gasteiger partial charge is 0.481 e. The van der Waals surface area contributed by atoms with E-state index in [2.05, 4.69) is 0 Å². The van der Waals surface area contributed by atoms with E-state index in [1.807, 2.05) is 6.07 Å². The monoisotopic (exact) mass is 226 g/mol. The average Bonchev–Trinajstić information content (AvgIpc) is 2.17. The molecule has 0 fully saturated rings. The highest BCUT2D eigenvalue weighted by Gasteiger charge is 2.23. The van der Waals surface area contributed by atoms with Gasteiger partial charge in [0.15, 0.2) is 0 Å². The second-order valence-corrected chi connectivity index (χ2v) is 4.74. The van der Waals surface area contributed by atoms with Crippen LogP contribution in [0, 0.1) is 11.7 Å². The molecule has 1 N–H and O–H groups in total. The molecule has 0 radical (unpaired) electrons. The van der Waals surface area contributed by atoms with Crippen molar-refractivity contribution >= 4 is 17.7 Å². The molecule has 0 aliphatic carbocycles. The van der Waals surface area contributed by atoms with Gasteiger partial charge in [0.2, 0.25) is 0 Å². The predicted molar refractivity (Wildman–Crippen MR) is 56.6 cm³/mol. The molecule has 0 aromatic heterocycles. The lowest BCUT2D eigenvalue weighted by Gasteiger charge is -2.22. The van der Waals surface area contributed by atoms with E-state index in [9.17, 15) is 9.18 Å². The number of rotatable bonds is 2. The molecular formula is C11H11FO2S. The Morgan fingerprint density at radius 3 is 3.13 bits per heavy atom. The van der Waals surface area contributed by atoms with Crippen LogP contribution in [-0.2, 0) is 11.2 Å². The third-order valence-corrected chi connectivity index (χ3v) is 3.87. The molecule has 4 heteroatoms.